The Hall–Kier alpha value is -1.81. The molecule has 20 heavy (non-hydrogen) atoms. The van der Waals surface area contributed by atoms with Gasteiger partial charge in [0, 0.05) is 10.0 Å². The number of ether oxygens (including phenoxy) is 1. The Balaban J connectivity index is 2.10. The van der Waals surface area contributed by atoms with E-state index >= 15 is 0 Å². The number of aryl methyl sites for hydroxylation is 1. The summed E-state index contributed by atoms with van der Waals surface area (Å²) < 4.78 is 6.77. The van der Waals surface area contributed by atoms with Crippen LogP contribution in [0.15, 0.2) is 46.9 Å². The van der Waals surface area contributed by atoms with Crippen molar-refractivity contribution in [2.24, 2.45) is 0 Å². The molecule has 0 aliphatic heterocycles. The number of hydrogen-bond donors (Lipinski definition) is 1. The number of carboxylic acids is 1. The largest absolute Gasteiger partial charge is 0.489 e. The predicted octanol–water partition coefficient (Wildman–Crippen LogP) is 3.96. The van der Waals surface area contributed by atoms with Crippen molar-refractivity contribution >= 4 is 21.9 Å². The van der Waals surface area contributed by atoms with Gasteiger partial charge in [0.25, 0.3) is 0 Å². The molecule has 0 fully saturated rings. The molecule has 0 saturated heterocycles. The van der Waals surface area contributed by atoms with Crippen molar-refractivity contribution in [2.75, 3.05) is 0 Å². The van der Waals surface area contributed by atoms with E-state index in [1.165, 1.54) is 5.56 Å². The summed E-state index contributed by atoms with van der Waals surface area (Å²) in [6.07, 6.45) is -0.0340. The van der Waals surface area contributed by atoms with Gasteiger partial charge in [0.15, 0.2) is 0 Å². The van der Waals surface area contributed by atoms with Crippen molar-refractivity contribution < 1.29 is 14.6 Å². The highest BCUT2D eigenvalue weighted by atomic mass is 79.9. The number of rotatable bonds is 5. The first-order valence-corrected chi connectivity index (χ1v) is 7.03. The third-order valence-electron chi connectivity index (χ3n) is 2.94. The fourth-order valence-electron chi connectivity index (χ4n) is 1.84. The van der Waals surface area contributed by atoms with E-state index in [4.69, 9.17) is 9.84 Å². The summed E-state index contributed by atoms with van der Waals surface area (Å²) in [5.74, 6) is -0.245. The first-order valence-electron chi connectivity index (χ1n) is 6.24. The Bertz CT molecular complexity index is 623. The van der Waals surface area contributed by atoms with Gasteiger partial charge in [-0.1, -0.05) is 46.3 Å². The van der Waals surface area contributed by atoms with Gasteiger partial charge in [0.1, 0.15) is 12.4 Å². The Kier molecular flexibility index (Phi) is 4.79. The SMILES string of the molecule is Cc1ccc(COc2ccccc2CC(=O)O)cc1Br. The molecule has 0 aromatic heterocycles. The lowest BCUT2D eigenvalue weighted by atomic mass is 10.1. The molecule has 1 N–H and O–H groups in total. The molecule has 3 nitrogen and oxygen atoms in total. The highest BCUT2D eigenvalue weighted by Gasteiger charge is 2.07. The van der Waals surface area contributed by atoms with E-state index in [0.717, 1.165) is 10.0 Å². The molecule has 0 unspecified atom stereocenters. The maximum Gasteiger partial charge on any atom is 0.307 e. The maximum absolute atomic E-state index is 10.8. The van der Waals surface area contributed by atoms with Crippen molar-refractivity contribution in [3.8, 4) is 5.75 Å². The lowest BCUT2D eigenvalue weighted by Crippen LogP contribution is -2.04. The summed E-state index contributed by atoms with van der Waals surface area (Å²) in [5, 5.41) is 8.88. The van der Waals surface area contributed by atoms with Gasteiger partial charge in [-0.25, -0.2) is 0 Å². The Morgan fingerprint density at radius 2 is 2.00 bits per heavy atom. The molecule has 2 aromatic rings. The van der Waals surface area contributed by atoms with Crippen LogP contribution in [0.1, 0.15) is 16.7 Å². The van der Waals surface area contributed by atoms with E-state index in [0.29, 0.717) is 17.9 Å². The van der Waals surface area contributed by atoms with E-state index in [9.17, 15) is 4.79 Å². The van der Waals surface area contributed by atoms with Crippen LogP contribution in [0.5, 0.6) is 5.75 Å². The molecule has 0 saturated carbocycles. The molecule has 2 aromatic carbocycles. The van der Waals surface area contributed by atoms with Gasteiger partial charge in [-0.3, -0.25) is 4.79 Å². The Morgan fingerprint density at radius 1 is 1.25 bits per heavy atom. The van der Waals surface area contributed by atoms with Gasteiger partial charge < -0.3 is 9.84 Å². The minimum absolute atomic E-state index is 0.0340. The fourth-order valence-corrected chi connectivity index (χ4v) is 2.27. The molecule has 0 aliphatic rings. The third-order valence-corrected chi connectivity index (χ3v) is 3.80. The number of carboxylic acid groups (broad SMARTS) is 1. The smallest absolute Gasteiger partial charge is 0.307 e. The van der Waals surface area contributed by atoms with Gasteiger partial charge in [0.05, 0.1) is 6.42 Å². The molecule has 0 aliphatic carbocycles. The highest BCUT2D eigenvalue weighted by molar-refractivity contribution is 9.10. The van der Waals surface area contributed by atoms with Gasteiger partial charge in [-0.05, 0) is 30.2 Å². The Labute approximate surface area is 126 Å². The second-order valence-electron chi connectivity index (χ2n) is 4.55. The molecule has 0 atom stereocenters. The van der Waals surface area contributed by atoms with Crippen molar-refractivity contribution in [3.63, 3.8) is 0 Å². The zero-order chi connectivity index (χ0) is 14.5. The van der Waals surface area contributed by atoms with Crippen molar-refractivity contribution in [2.45, 2.75) is 20.0 Å². The van der Waals surface area contributed by atoms with Gasteiger partial charge in [-0.15, -0.1) is 0 Å². The summed E-state index contributed by atoms with van der Waals surface area (Å²) in [7, 11) is 0. The van der Waals surface area contributed by atoms with Crippen LogP contribution in [0.25, 0.3) is 0 Å². The molecule has 0 amide bonds. The lowest BCUT2D eigenvalue weighted by Gasteiger charge is -2.11. The van der Waals surface area contributed by atoms with E-state index in [-0.39, 0.29) is 6.42 Å². The summed E-state index contributed by atoms with van der Waals surface area (Å²) >= 11 is 3.49. The Morgan fingerprint density at radius 3 is 2.70 bits per heavy atom. The van der Waals surface area contributed by atoms with Crippen LogP contribution in [0, 0.1) is 6.92 Å². The molecule has 2 rings (SSSR count). The minimum atomic E-state index is -0.862. The average Bonchev–Trinajstić information content (AvgIpc) is 2.41. The van der Waals surface area contributed by atoms with Crippen molar-refractivity contribution in [1.29, 1.82) is 0 Å². The summed E-state index contributed by atoms with van der Waals surface area (Å²) in [6, 6.07) is 13.2. The average molecular weight is 335 g/mol. The maximum atomic E-state index is 10.8. The van der Waals surface area contributed by atoms with Gasteiger partial charge >= 0.3 is 5.97 Å². The molecule has 104 valence electrons. The van der Waals surface area contributed by atoms with Crippen LogP contribution in [0.4, 0.5) is 0 Å². The number of aliphatic carboxylic acids is 1. The molecule has 0 heterocycles. The number of carbonyl (C=O) groups is 1. The summed E-state index contributed by atoms with van der Waals surface area (Å²) in [5.41, 5.74) is 2.89. The minimum Gasteiger partial charge on any atom is -0.489 e. The molecule has 4 heteroatoms. The van der Waals surface area contributed by atoms with E-state index in [2.05, 4.69) is 15.9 Å². The monoisotopic (exact) mass is 334 g/mol. The van der Waals surface area contributed by atoms with Crippen LogP contribution in [0.2, 0.25) is 0 Å². The number of hydrogen-bond acceptors (Lipinski definition) is 2. The van der Waals surface area contributed by atoms with Crippen LogP contribution in [0.3, 0.4) is 0 Å². The third kappa shape index (κ3) is 3.84. The molecule has 0 bridgehead atoms. The molecule has 0 radical (unpaired) electrons. The number of halogens is 1. The molecular formula is C16H15BrO3. The van der Waals surface area contributed by atoms with Crippen molar-refractivity contribution in [3.05, 3.63) is 63.6 Å². The normalized spacial score (nSPS) is 10.3. The molecule has 0 spiro atoms. The van der Waals surface area contributed by atoms with Crippen molar-refractivity contribution in [1.82, 2.24) is 0 Å². The zero-order valence-corrected chi connectivity index (χ0v) is 12.7. The highest BCUT2D eigenvalue weighted by Crippen LogP contribution is 2.22. The first-order chi connectivity index (χ1) is 9.56. The predicted molar refractivity (Wildman–Crippen MR) is 81.0 cm³/mol. The van der Waals surface area contributed by atoms with Gasteiger partial charge in [0.2, 0.25) is 0 Å². The van der Waals surface area contributed by atoms with E-state index in [1.807, 2.05) is 37.3 Å². The van der Waals surface area contributed by atoms with Gasteiger partial charge in [-0.2, -0.15) is 0 Å². The standard InChI is InChI=1S/C16H15BrO3/c1-11-6-7-12(8-14(11)17)10-20-15-5-3-2-4-13(15)9-16(18)19/h2-8H,9-10H2,1H3,(H,18,19). The quantitative estimate of drug-likeness (QED) is 0.900. The fraction of sp³-hybridized carbons (Fsp3) is 0.188. The lowest BCUT2D eigenvalue weighted by molar-refractivity contribution is -0.136. The van der Waals surface area contributed by atoms with Crippen LogP contribution < -0.4 is 4.74 Å². The molecular weight excluding hydrogens is 320 g/mol. The first kappa shape index (κ1) is 14.6. The van der Waals surface area contributed by atoms with Crippen LogP contribution in [-0.4, -0.2) is 11.1 Å². The zero-order valence-electron chi connectivity index (χ0n) is 11.1. The van der Waals surface area contributed by atoms with E-state index in [1.54, 1.807) is 12.1 Å². The topological polar surface area (TPSA) is 46.5 Å². The number of benzene rings is 2. The number of para-hydroxylation sites is 1. The van der Waals surface area contributed by atoms with Crippen LogP contribution in [-0.2, 0) is 17.8 Å². The van der Waals surface area contributed by atoms with Crippen LogP contribution >= 0.6 is 15.9 Å². The summed E-state index contributed by atoms with van der Waals surface area (Å²) in [6.45, 7) is 2.44. The second kappa shape index (κ2) is 6.57. The second-order valence-corrected chi connectivity index (χ2v) is 5.40. The van der Waals surface area contributed by atoms with E-state index < -0.39 is 5.97 Å². The summed E-state index contributed by atoms with van der Waals surface area (Å²) in [4.78, 5) is 10.8.